The summed E-state index contributed by atoms with van der Waals surface area (Å²) in [6, 6.07) is 4.70. The zero-order valence-electron chi connectivity index (χ0n) is 20.9. The van der Waals surface area contributed by atoms with Gasteiger partial charge in [0.25, 0.3) is 5.91 Å². The number of rotatable bonds is 8. The normalized spacial score (nSPS) is 25.3. The van der Waals surface area contributed by atoms with Gasteiger partial charge in [-0.2, -0.15) is 0 Å². The third-order valence-corrected chi connectivity index (χ3v) is 10.2. The van der Waals surface area contributed by atoms with E-state index >= 15 is 0 Å². The number of aliphatic hydroxyl groups excluding tert-OH is 1. The Balaban J connectivity index is 1.52. The first-order valence-electron chi connectivity index (χ1n) is 12.4. The van der Waals surface area contributed by atoms with E-state index in [1.54, 1.807) is 0 Å². The molecule has 2 saturated carbocycles. The predicted octanol–water partition coefficient (Wildman–Crippen LogP) is 3.59. The molecule has 4 N–H and O–H groups in total. The first-order valence-corrected chi connectivity index (χ1v) is 14.3. The molecule has 8 nitrogen and oxygen atoms in total. The van der Waals surface area contributed by atoms with Crippen LogP contribution >= 0.6 is 11.6 Å². The average Bonchev–Trinajstić information content (AvgIpc) is 3.01. The van der Waals surface area contributed by atoms with Crippen LogP contribution in [-0.4, -0.2) is 53.9 Å². The van der Waals surface area contributed by atoms with Crippen molar-refractivity contribution in [3.8, 4) is 0 Å². The summed E-state index contributed by atoms with van der Waals surface area (Å²) in [5.74, 6) is -6.94. The van der Waals surface area contributed by atoms with E-state index < -0.39 is 67.9 Å². The van der Waals surface area contributed by atoms with Crippen molar-refractivity contribution in [2.24, 2.45) is 11.8 Å². The van der Waals surface area contributed by atoms with Crippen LogP contribution in [0.15, 0.2) is 35.2 Å². The van der Waals surface area contributed by atoms with Crippen LogP contribution in [-0.2, 0) is 14.6 Å². The number of nitrogens with one attached hydrogen (secondary N) is 2. The lowest BCUT2D eigenvalue weighted by molar-refractivity contribution is -0.133. The summed E-state index contributed by atoms with van der Waals surface area (Å²) in [5.41, 5.74) is -1.90. The van der Waals surface area contributed by atoms with Gasteiger partial charge in [0.1, 0.15) is 0 Å². The molecular formula is C26H28ClF3N2O6S. The van der Waals surface area contributed by atoms with Crippen molar-refractivity contribution in [1.82, 2.24) is 5.32 Å². The summed E-state index contributed by atoms with van der Waals surface area (Å²) in [6.45, 7) is 1.55. The third kappa shape index (κ3) is 5.93. The summed E-state index contributed by atoms with van der Waals surface area (Å²) in [5, 5.41) is 24.4. The molecule has 0 heterocycles. The molecule has 2 aromatic rings. The quantitative estimate of drug-likeness (QED) is 0.349. The van der Waals surface area contributed by atoms with Crippen LogP contribution < -0.4 is 10.6 Å². The molecule has 2 aromatic carbocycles. The molecule has 5 atom stereocenters. The van der Waals surface area contributed by atoms with E-state index in [9.17, 15) is 41.4 Å². The van der Waals surface area contributed by atoms with Crippen LogP contribution in [0.5, 0.6) is 0 Å². The van der Waals surface area contributed by atoms with Gasteiger partial charge in [0, 0.05) is 29.9 Å². The molecule has 2 amide bonds. The molecule has 2 unspecified atom stereocenters. The van der Waals surface area contributed by atoms with Crippen LogP contribution in [0, 0.1) is 29.3 Å². The zero-order valence-corrected chi connectivity index (χ0v) is 22.5. The molecule has 13 heteroatoms. The summed E-state index contributed by atoms with van der Waals surface area (Å²) in [7, 11) is -4.09. The summed E-state index contributed by atoms with van der Waals surface area (Å²) >= 11 is 6.22. The number of halogens is 4. The molecule has 0 radical (unpaired) electrons. The lowest BCUT2D eigenvalue weighted by Gasteiger charge is -2.42. The lowest BCUT2D eigenvalue weighted by atomic mass is 9.72. The molecule has 0 aromatic heterocycles. The summed E-state index contributed by atoms with van der Waals surface area (Å²) in [4.78, 5) is 24.8. The number of sulfone groups is 1. The van der Waals surface area contributed by atoms with Gasteiger partial charge in [-0.05, 0) is 62.6 Å². The Morgan fingerprint density at radius 2 is 1.69 bits per heavy atom. The fraction of sp³-hybridized carbons (Fsp3) is 0.462. The minimum Gasteiger partial charge on any atom is -0.392 e. The highest BCUT2D eigenvalue weighted by molar-refractivity contribution is 7.92. The van der Waals surface area contributed by atoms with Crippen molar-refractivity contribution in [3.63, 3.8) is 0 Å². The highest BCUT2D eigenvalue weighted by Crippen LogP contribution is 2.53. The molecular weight excluding hydrogens is 561 g/mol. The molecule has 2 bridgehead atoms. The summed E-state index contributed by atoms with van der Waals surface area (Å²) in [6.07, 6.45) is 0.292. The second kappa shape index (κ2) is 11.1. The molecule has 0 spiro atoms. The molecule has 2 aliphatic rings. The zero-order chi connectivity index (χ0) is 28.7. The van der Waals surface area contributed by atoms with Gasteiger partial charge in [-0.1, -0.05) is 11.6 Å². The van der Waals surface area contributed by atoms with Gasteiger partial charge in [0.15, 0.2) is 27.3 Å². The van der Waals surface area contributed by atoms with Crippen molar-refractivity contribution in [2.45, 2.75) is 60.9 Å². The van der Waals surface area contributed by atoms with Crippen LogP contribution in [0.1, 0.15) is 49.4 Å². The molecule has 4 rings (SSSR count). The van der Waals surface area contributed by atoms with Gasteiger partial charge in [0.05, 0.1) is 33.3 Å². The Morgan fingerprint density at radius 3 is 2.26 bits per heavy atom. The van der Waals surface area contributed by atoms with Gasteiger partial charge < -0.3 is 20.8 Å². The molecule has 0 saturated heterocycles. The molecule has 39 heavy (non-hydrogen) atoms. The minimum atomic E-state index is -4.09. The third-order valence-electron chi connectivity index (χ3n) is 7.59. The average molecular weight is 589 g/mol. The minimum absolute atomic E-state index is 0.0364. The van der Waals surface area contributed by atoms with E-state index in [2.05, 4.69) is 10.6 Å². The van der Waals surface area contributed by atoms with Gasteiger partial charge >= 0.3 is 0 Å². The van der Waals surface area contributed by atoms with E-state index in [-0.39, 0.29) is 47.0 Å². The number of anilines is 1. The van der Waals surface area contributed by atoms with Crippen LogP contribution in [0.25, 0.3) is 0 Å². The highest BCUT2D eigenvalue weighted by Gasteiger charge is 2.56. The standard InChI is InChI=1S/C26H28ClF3N2O6S/c1-13(33)12-31-23(34)11-26(36)15-3-4-16(26)8-18(7-15)39(37,38)22-6-14(2-5-19(22)27)25(35)32-17-9-20(28)24(30)21(29)10-17/h2,5-6,9-10,13,15-16,18,33,36H,3-4,7-8,11-12H2,1H3,(H,31,34)(H,32,35)/t13?,15-,16?,18-,26-/m0/s1. The summed E-state index contributed by atoms with van der Waals surface area (Å²) < 4.78 is 67.6. The van der Waals surface area contributed by atoms with E-state index in [0.717, 1.165) is 6.07 Å². The topological polar surface area (TPSA) is 133 Å². The van der Waals surface area contributed by atoms with Crippen molar-refractivity contribution >= 4 is 38.9 Å². The lowest BCUT2D eigenvalue weighted by Crippen LogP contribution is -2.51. The Kier molecular flexibility index (Phi) is 8.32. The van der Waals surface area contributed by atoms with Crippen LogP contribution in [0.3, 0.4) is 0 Å². The molecule has 0 aliphatic heterocycles. The first-order chi connectivity index (χ1) is 18.2. The number of carbonyl (C=O) groups excluding carboxylic acids is 2. The number of hydrogen-bond donors (Lipinski definition) is 4. The van der Waals surface area contributed by atoms with Crippen LogP contribution in [0.4, 0.5) is 18.9 Å². The molecule has 2 aliphatic carbocycles. The van der Waals surface area contributed by atoms with Gasteiger partial charge in [-0.15, -0.1) is 0 Å². The van der Waals surface area contributed by atoms with Crippen molar-refractivity contribution in [3.05, 3.63) is 58.4 Å². The van der Waals surface area contributed by atoms with Gasteiger partial charge in [0.2, 0.25) is 5.91 Å². The second-order valence-corrected chi connectivity index (χ2v) is 12.9. The van der Waals surface area contributed by atoms with Crippen molar-refractivity contribution < 1.29 is 41.4 Å². The highest BCUT2D eigenvalue weighted by atomic mass is 35.5. The maximum Gasteiger partial charge on any atom is 0.255 e. The SMILES string of the molecule is CC(O)CNC(=O)C[C@@]1(O)C2CC[C@H]1C[C@H](S(=O)(=O)c1cc(C(=O)Nc3cc(F)c(F)c(F)c3)ccc1Cl)C2. The molecule has 2 fully saturated rings. The number of benzene rings is 2. The monoisotopic (exact) mass is 588 g/mol. The van der Waals surface area contributed by atoms with E-state index in [0.29, 0.717) is 25.0 Å². The van der Waals surface area contributed by atoms with E-state index in [4.69, 9.17) is 11.6 Å². The van der Waals surface area contributed by atoms with Crippen molar-refractivity contribution in [2.75, 3.05) is 11.9 Å². The Bertz CT molecular complexity index is 1370. The Hall–Kier alpha value is -2.67. The van der Waals surface area contributed by atoms with Crippen LogP contribution in [0.2, 0.25) is 5.02 Å². The number of carbonyl (C=O) groups is 2. The number of aliphatic hydroxyl groups is 2. The Labute approximate surface area is 228 Å². The Morgan fingerprint density at radius 1 is 1.10 bits per heavy atom. The van der Waals surface area contributed by atoms with Crippen molar-refractivity contribution in [1.29, 1.82) is 0 Å². The number of fused-ring (bicyclic) bond motifs is 2. The maximum atomic E-state index is 13.7. The van der Waals surface area contributed by atoms with Gasteiger partial charge in [-0.25, -0.2) is 21.6 Å². The fourth-order valence-corrected chi connectivity index (χ4v) is 8.01. The second-order valence-electron chi connectivity index (χ2n) is 10.3. The molecule has 212 valence electrons. The number of amides is 2. The largest absolute Gasteiger partial charge is 0.392 e. The number of hydrogen-bond acceptors (Lipinski definition) is 6. The van der Waals surface area contributed by atoms with E-state index in [1.807, 2.05) is 0 Å². The first kappa shape index (κ1) is 29.3. The van der Waals surface area contributed by atoms with Gasteiger partial charge in [-0.3, -0.25) is 9.59 Å². The maximum absolute atomic E-state index is 13.7. The van der Waals surface area contributed by atoms with E-state index in [1.165, 1.54) is 19.1 Å². The smallest absolute Gasteiger partial charge is 0.255 e. The predicted molar refractivity (Wildman–Crippen MR) is 136 cm³/mol. The fourth-order valence-electron chi connectivity index (χ4n) is 5.61.